The van der Waals surface area contributed by atoms with E-state index < -0.39 is 28.5 Å². The number of benzene rings is 1. The number of rotatable bonds is 5. The first-order valence-corrected chi connectivity index (χ1v) is 7.99. The second kappa shape index (κ2) is 6.15. The van der Waals surface area contributed by atoms with Crippen molar-refractivity contribution in [3.8, 4) is 5.75 Å². The van der Waals surface area contributed by atoms with Crippen molar-refractivity contribution in [3.05, 3.63) is 23.8 Å². The molecule has 122 valence electrons. The van der Waals surface area contributed by atoms with E-state index in [0.717, 1.165) is 0 Å². The van der Waals surface area contributed by atoms with Crippen LogP contribution < -0.4 is 9.64 Å². The third-order valence-electron chi connectivity index (χ3n) is 3.34. The number of nitrogens with zero attached hydrogens (tertiary/aromatic N) is 1. The Balaban J connectivity index is 2.19. The van der Waals surface area contributed by atoms with Gasteiger partial charge in [0.15, 0.2) is 0 Å². The van der Waals surface area contributed by atoms with Crippen LogP contribution in [0.3, 0.4) is 0 Å². The van der Waals surface area contributed by atoms with Gasteiger partial charge in [0.1, 0.15) is 5.75 Å². The first-order chi connectivity index (χ1) is 10.2. The molecule has 0 radical (unpaired) electrons. The summed E-state index contributed by atoms with van der Waals surface area (Å²) in [6.07, 6.45) is -0.109. The minimum Gasteiger partial charge on any atom is -0.434 e. The molecule has 2 rings (SSSR count). The zero-order valence-electron chi connectivity index (χ0n) is 11.6. The van der Waals surface area contributed by atoms with E-state index in [1.165, 1.54) is 23.1 Å². The molecule has 1 fully saturated rings. The SMILES string of the molecule is Cc1ccc(N2CC(CS(=O)(=O)F)CC2=O)cc1OC(F)F. The molecule has 0 bridgehead atoms. The molecule has 1 aromatic carbocycles. The molecule has 0 aliphatic carbocycles. The lowest BCUT2D eigenvalue weighted by atomic mass is 10.1. The lowest BCUT2D eigenvalue weighted by Crippen LogP contribution is -2.25. The average Bonchev–Trinajstić information content (AvgIpc) is 2.70. The van der Waals surface area contributed by atoms with Crippen molar-refractivity contribution in [3.63, 3.8) is 0 Å². The minimum atomic E-state index is -4.67. The summed E-state index contributed by atoms with van der Waals surface area (Å²) in [5, 5.41) is 0. The van der Waals surface area contributed by atoms with Gasteiger partial charge in [-0.1, -0.05) is 6.07 Å². The van der Waals surface area contributed by atoms with E-state index >= 15 is 0 Å². The number of halogens is 3. The molecule has 0 N–H and O–H groups in total. The summed E-state index contributed by atoms with van der Waals surface area (Å²) in [5.74, 6) is -1.85. The molecule has 1 atom stereocenters. The van der Waals surface area contributed by atoms with Crippen molar-refractivity contribution in [2.75, 3.05) is 17.2 Å². The molecule has 5 nitrogen and oxygen atoms in total. The highest BCUT2D eigenvalue weighted by Gasteiger charge is 2.33. The lowest BCUT2D eigenvalue weighted by molar-refractivity contribution is -0.117. The number of hydrogen-bond acceptors (Lipinski definition) is 4. The molecule has 1 aliphatic rings. The van der Waals surface area contributed by atoms with Gasteiger partial charge < -0.3 is 9.64 Å². The van der Waals surface area contributed by atoms with Crippen molar-refractivity contribution in [1.82, 2.24) is 0 Å². The van der Waals surface area contributed by atoms with Crippen LogP contribution in [0.25, 0.3) is 0 Å². The minimum absolute atomic E-state index is 0.0131. The summed E-state index contributed by atoms with van der Waals surface area (Å²) in [5.41, 5.74) is 0.781. The van der Waals surface area contributed by atoms with Crippen LogP contribution in [0, 0.1) is 12.8 Å². The van der Waals surface area contributed by atoms with Crippen LogP contribution in [0.4, 0.5) is 18.4 Å². The number of carbonyl (C=O) groups excluding carboxylic acids is 1. The number of ether oxygens (including phenoxy) is 1. The topological polar surface area (TPSA) is 63.7 Å². The Morgan fingerprint density at radius 3 is 2.68 bits per heavy atom. The van der Waals surface area contributed by atoms with Crippen LogP contribution in [0.2, 0.25) is 0 Å². The third-order valence-corrected chi connectivity index (χ3v) is 4.21. The molecule has 1 aliphatic heterocycles. The second-order valence-electron chi connectivity index (χ2n) is 5.11. The van der Waals surface area contributed by atoms with Crippen LogP contribution in [0.5, 0.6) is 5.75 Å². The Kier molecular flexibility index (Phi) is 4.64. The fourth-order valence-corrected chi connectivity index (χ4v) is 3.19. The van der Waals surface area contributed by atoms with E-state index in [2.05, 4.69) is 4.74 Å². The van der Waals surface area contributed by atoms with Gasteiger partial charge in [0, 0.05) is 30.6 Å². The van der Waals surface area contributed by atoms with E-state index in [0.29, 0.717) is 11.3 Å². The largest absolute Gasteiger partial charge is 0.434 e. The highest BCUT2D eigenvalue weighted by atomic mass is 32.3. The number of hydrogen-bond donors (Lipinski definition) is 0. The summed E-state index contributed by atoms with van der Waals surface area (Å²) >= 11 is 0. The number of amides is 1. The third kappa shape index (κ3) is 4.12. The molecule has 0 spiro atoms. The molecule has 1 saturated heterocycles. The summed E-state index contributed by atoms with van der Waals surface area (Å²) < 4.78 is 63.0. The summed E-state index contributed by atoms with van der Waals surface area (Å²) in [7, 11) is -4.67. The molecule has 0 aromatic heterocycles. The zero-order chi connectivity index (χ0) is 16.5. The molecule has 1 unspecified atom stereocenters. The standard InChI is InChI=1S/C13H14F3NO4S/c1-8-2-3-10(5-11(8)21-13(14)15)17-6-9(4-12(17)18)7-22(16,19)20/h2-3,5,9,13H,4,6-7H2,1H3. The van der Waals surface area contributed by atoms with Crippen LogP contribution in [-0.4, -0.2) is 33.2 Å². The van der Waals surface area contributed by atoms with Crippen LogP contribution in [0.1, 0.15) is 12.0 Å². The van der Waals surface area contributed by atoms with Gasteiger partial charge in [-0.2, -0.15) is 17.2 Å². The van der Waals surface area contributed by atoms with Crippen molar-refractivity contribution in [1.29, 1.82) is 0 Å². The van der Waals surface area contributed by atoms with Gasteiger partial charge in [0.05, 0.1) is 5.75 Å². The fraction of sp³-hybridized carbons (Fsp3) is 0.462. The van der Waals surface area contributed by atoms with Gasteiger partial charge in [0.2, 0.25) is 5.91 Å². The Morgan fingerprint density at radius 1 is 1.41 bits per heavy atom. The maximum absolute atomic E-state index is 12.7. The Morgan fingerprint density at radius 2 is 2.09 bits per heavy atom. The summed E-state index contributed by atoms with van der Waals surface area (Å²) in [6.45, 7) is -1.40. The van der Waals surface area contributed by atoms with E-state index in [1.807, 2.05) is 0 Å². The summed E-state index contributed by atoms with van der Waals surface area (Å²) in [6, 6.07) is 4.34. The normalized spacial score (nSPS) is 19.0. The van der Waals surface area contributed by atoms with E-state index in [4.69, 9.17) is 0 Å². The first-order valence-electron chi connectivity index (χ1n) is 6.44. The van der Waals surface area contributed by atoms with Gasteiger partial charge in [-0.05, 0) is 18.6 Å². The summed E-state index contributed by atoms with van der Waals surface area (Å²) in [4.78, 5) is 13.2. The Bertz CT molecular complexity index is 678. The number of alkyl halides is 2. The predicted octanol–water partition coefficient (Wildman–Crippen LogP) is 2.25. The number of carbonyl (C=O) groups is 1. The van der Waals surface area contributed by atoms with Crippen molar-refractivity contribution < 1.29 is 30.6 Å². The molecule has 0 saturated carbocycles. The molecule has 22 heavy (non-hydrogen) atoms. The van der Waals surface area contributed by atoms with E-state index in [9.17, 15) is 25.9 Å². The highest BCUT2D eigenvalue weighted by Crippen LogP contribution is 2.31. The van der Waals surface area contributed by atoms with Crippen molar-refractivity contribution in [2.45, 2.75) is 20.0 Å². The zero-order valence-corrected chi connectivity index (χ0v) is 12.4. The lowest BCUT2D eigenvalue weighted by Gasteiger charge is -2.18. The van der Waals surface area contributed by atoms with Crippen LogP contribution in [0.15, 0.2) is 18.2 Å². The first kappa shape index (κ1) is 16.6. The van der Waals surface area contributed by atoms with Crippen LogP contribution in [-0.2, 0) is 15.0 Å². The van der Waals surface area contributed by atoms with Gasteiger partial charge in [-0.3, -0.25) is 4.79 Å². The smallest absolute Gasteiger partial charge is 0.387 e. The van der Waals surface area contributed by atoms with Gasteiger partial charge in [-0.25, -0.2) is 0 Å². The van der Waals surface area contributed by atoms with Crippen molar-refractivity contribution in [2.24, 2.45) is 5.92 Å². The molecule has 1 amide bonds. The molecule has 1 heterocycles. The quantitative estimate of drug-likeness (QED) is 0.773. The Labute approximate surface area is 125 Å². The average molecular weight is 337 g/mol. The van der Waals surface area contributed by atoms with E-state index in [-0.39, 0.29) is 24.6 Å². The van der Waals surface area contributed by atoms with Crippen LogP contribution >= 0.6 is 0 Å². The molecule has 9 heteroatoms. The van der Waals surface area contributed by atoms with Gasteiger partial charge >= 0.3 is 16.8 Å². The molecular formula is C13H14F3NO4S. The number of aryl methyl sites for hydroxylation is 1. The number of anilines is 1. The fourth-order valence-electron chi connectivity index (χ4n) is 2.40. The highest BCUT2D eigenvalue weighted by molar-refractivity contribution is 7.86. The monoisotopic (exact) mass is 337 g/mol. The second-order valence-corrected chi connectivity index (χ2v) is 6.52. The molecular weight excluding hydrogens is 323 g/mol. The molecule has 1 aromatic rings. The van der Waals surface area contributed by atoms with Gasteiger partial charge in [0.25, 0.3) is 0 Å². The van der Waals surface area contributed by atoms with Gasteiger partial charge in [-0.15, -0.1) is 3.89 Å². The maximum Gasteiger partial charge on any atom is 0.387 e. The predicted molar refractivity (Wildman–Crippen MR) is 73.2 cm³/mol. The van der Waals surface area contributed by atoms with E-state index in [1.54, 1.807) is 6.92 Å². The Hall–Kier alpha value is -1.77. The van der Waals surface area contributed by atoms with Crippen molar-refractivity contribution >= 4 is 21.8 Å². The maximum atomic E-state index is 12.7.